The summed E-state index contributed by atoms with van der Waals surface area (Å²) in [6.07, 6.45) is -4.75. The Morgan fingerprint density at radius 3 is 2.45 bits per heavy atom. The Kier molecular flexibility index (Phi) is 4.25. The predicted molar refractivity (Wildman–Crippen MR) is 67.7 cm³/mol. The van der Waals surface area contributed by atoms with Crippen molar-refractivity contribution in [3.63, 3.8) is 0 Å². The van der Waals surface area contributed by atoms with E-state index in [4.69, 9.17) is 16.0 Å². The van der Waals surface area contributed by atoms with Gasteiger partial charge in [0.1, 0.15) is 11.5 Å². The van der Waals surface area contributed by atoms with Crippen molar-refractivity contribution < 1.29 is 22.3 Å². The molecular weight excluding hydrogens is 295 g/mol. The highest BCUT2D eigenvalue weighted by Crippen LogP contribution is 2.34. The van der Waals surface area contributed by atoms with Crippen LogP contribution in [0.3, 0.4) is 0 Å². The molecule has 7 heteroatoms. The Labute approximate surface area is 118 Å². The largest absolute Gasteiger partial charge is 0.573 e. The molecular formula is C13H11ClF3NO2. The van der Waals surface area contributed by atoms with Crippen molar-refractivity contribution in [2.24, 2.45) is 0 Å². The zero-order valence-electron chi connectivity index (χ0n) is 10.4. The van der Waals surface area contributed by atoms with E-state index in [2.05, 4.69) is 10.1 Å². The van der Waals surface area contributed by atoms with Gasteiger partial charge < -0.3 is 14.5 Å². The molecule has 1 atom stereocenters. The van der Waals surface area contributed by atoms with Gasteiger partial charge in [-0.1, -0.05) is 18.2 Å². The average molecular weight is 306 g/mol. The molecule has 2 rings (SSSR count). The van der Waals surface area contributed by atoms with Gasteiger partial charge in [-0.25, -0.2) is 0 Å². The van der Waals surface area contributed by atoms with Crippen LogP contribution in [0.2, 0.25) is 5.22 Å². The molecule has 1 aromatic carbocycles. The summed E-state index contributed by atoms with van der Waals surface area (Å²) in [5.74, 6) is 0.114. The number of para-hydroxylation sites is 1. The quantitative estimate of drug-likeness (QED) is 0.922. The van der Waals surface area contributed by atoms with Gasteiger partial charge in [0.05, 0.1) is 6.04 Å². The highest BCUT2D eigenvalue weighted by molar-refractivity contribution is 6.28. The van der Waals surface area contributed by atoms with Gasteiger partial charge in [-0.05, 0) is 36.8 Å². The van der Waals surface area contributed by atoms with Crippen LogP contribution in [0.5, 0.6) is 5.75 Å². The third kappa shape index (κ3) is 3.46. The first kappa shape index (κ1) is 14.7. The first-order valence-corrected chi connectivity index (χ1v) is 6.05. The molecule has 1 unspecified atom stereocenters. The van der Waals surface area contributed by atoms with Gasteiger partial charge in [0.15, 0.2) is 5.22 Å². The van der Waals surface area contributed by atoms with Crippen LogP contribution >= 0.6 is 11.6 Å². The highest BCUT2D eigenvalue weighted by atomic mass is 35.5. The number of hydrogen-bond acceptors (Lipinski definition) is 3. The van der Waals surface area contributed by atoms with Crippen molar-refractivity contribution in [3.8, 4) is 5.75 Å². The van der Waals surface area contributed by atoms with Gasteiger partial charge in [0.2, 0.25) is 0 Å². The van der Waals surface area contributed by atoms with E-state index in [9.17, 15) is 13.2 Å². The molecule has 1 N–H and O–H groups in total. The van der Waals surface area contributed by atoms with E-state index < -0.39 is 12.4 Å². The Hall–Kier alpha value is -1.66. The van der Waals surface area contributed by atoms with Crippen molar-refractivity contribution >= 4 is 11.6 Å². The van der Waals surface area contributed by atoms with Gasteiger partial charge in [-0.15, -0.1) is 13.2 Å². The molecule has 0 radical (unpaired) electrons. The monoisotopic (exact) mass is 305 g/mol. The Bertz CT molecular complexity index is 583. The number of benzene rings is 1. The van der Waals surface area contributed by atoms with Crippen molar-refractivity contribution in [3.05, 3.63) is 52.9 Å². The molecule has 0 aliphatic carbocycles. The third-order valence-electron chi connectivity index (χ3n) is 2.62. The fourth-order valence-electron chi connectivity index (χ4n) is 1.87. The third-order valence-corrected chi connectivity index (χ3v) is 2.83. The Balaban J connectivity index is 2.39. The van der Waals surface area contributed by atoms with Crippen molar-refractivity contribution in [1.29, 1.82) is 0 Å². The van der Waals surface area contributed by atoms with Crippen LogP contribution in [0.25, 0.3) is 0 Å². The van der Waals surface area contributed by atoms with Crippen LogP contribution in [0.4, 0.5) is 13.2 Å². The molecule has 0 aliphatic rings. The number of nitrogens with one attached hydrogen (secondary N) is 1. The minimum atomic E-state index is -4.75. The molecule has 0 spiro atoms. The van der Waals surface area contributed by atoms with Crippen LogP contribution in [0.1, 0.15) is 17.4 Å². The molecule has 0 aliphatic heterocycles. The second-order valence-corrected chi connectivity index (χ2v) is 4.32. The maximum absolute atomic E-state index is 12.4. The molecule has 3 nitrogen and oxygen atoms in total. The fraction of sp³-hybridized carbons (Fsp3) is 0.231. The average Bonchev–Trinajstić information content (AvgIpc) is 2.77. The van der Waals surface area contributed by atoms with Gasteiger partial charge in [-0.3, -0.25) is 0 Å². The van der Waals surface area contributed by atoms with E-state index in [1.165, 1.54) is 24.3 Å². The van der Waals surface area contributed by atoms with E-state index >= 15 is 0 Å². The van der Waals surface area contributed by atoms with E-state index in [1.54, 1.807) is 19.2 Å². The number of alkyl halides is 3. The molecule has 108 valence electrons. The maximum atomic E-state index is 12.4. The molecule has 20 heavy (non-hydrogen) atoms. The lowest BCUT2D eigenvalue weighted by atomic mass is 10.0. The zero-order valence-corrected chi connectivity index (χ0v) is 11.1. The number of furan rings is 1. The van der Waals surface area contributed by atoms with Gasteiger partial charge in [0.25, 0.3) is 0 Å². The number of halogens is 4. The molecule has 0 saturated heterocycles. The smallest absolute Gasteiger partial charge is 0.448 e. The fourth-order valence-corrected chi connectivity index (χ4v) is 2.02. The number of ether oxygens (including phenoxy) is 1. The Morgan fingerprint density at radius 2 is 1.90 bits per heavy atom. The first-order valence-electron chi connectivity index (χ1n) is 5.68. The van der Waals surface area contributed by atoms with Gasteiger partial charge in [0, 0.05) is 5.56 Å². The molecule has 0 saturated carbocycles. The van der Waals surface area contributed by atoms with Crippen molar-refractivity contribution in [2.75, 3.05) is 7.05 Å². The summed E-state index contributed by atoms with van der Waals surface area (Å²) in [6.45, 7) is 0. The summed E-state index contributed by atoms with van der Waals surface area (Å²) in [5, 5.41) is 3.04. The summed E-state index contributed by atoms with van der Waals surface area (Å²) >= 11 is 5.69. The predicted octanol–water partition coefficient (Wildman–Crippen LogP) is 4.14. The molecule has 0 fully saturated rings. The van der Waals surface area contributed by atoms with Crippen molar-refractivity contribution in [1.82, 2.24) is 5.32 Å². The number of rotatable bonds is 4. The summed E-state index contributed by atoms with van der Waals surface area (Å²) < 4.78 is 46.5. The van der Waals surface area contributed by atoms with E-state index in [1.807, 2.05) is 0 Å². The summed E-state index contributed by atoms with van der Waals surface area (Å²) in [6, 6.07) is 8.37. The van der Waals surface area contributed by atoms with Gasteiger partial charge >= 0.3 is 6.36 Å². The van der Waals surface area contributed by atoms with Gasteiger partial charge in [-0.2, -0.15) is 0 Å². The van der Waals surface area contributed by atoms with E-state index in [-0.39, 0.29) is 11.0 Å². The molecule has 2 aromatic rings. The van der Waals surface area contributed by atoms with E-state index in [0.29, 0.717) is 11.3 Å². The normalized spacial score (nSPS) is 13.2. The molecule has 1 heterocycles. The molecule has 0 amide bonds. The standard InChI is InChI=1S/C13H11ClF3NO2/c1-18-12(10-6-7-11(14)19-10)8-4-2-3-5-9(8)20-13(15,16)17/h2-7,12,18H,1H3. The second kappa shape index (κ2) is 5.76. The maximum Gasteiger partial charge on any atom is 0.573 e. The van der Waals surface area contributed by atoms with E-state index in [0.717, 1.165) is 0 Å². The summed E-state index contributed by atoms with van der Waals surface area (Å²) in [5.41, 5.74) is 0.304. The van der Waals surface area contributed by atoms with Crippen LogP contribution < -0.4 is 10.1 Å². The SMILES string of the molecule is CNC(c1ccc(Cl)o1)c1ccccc1OC(F)(F)F. The lowest BCUT2D eigenvalue weighted by molar-refractivity contribution is -0.275. The van der Waals surface area contributed by atoms with Crippen molar-refractivity contribution in [2.45, 2.75) is 12.4 Å². The molecule has 1 aromatic heterocycles. The lowest BCUT2D eigenvalue weighted by Gasteiger charge is -2.19. The highest BCUT2D eigenvalue weighted by Gasteiger charge is 2.33. The van der Waals surface area contributed by atoms with Crippen LogP contribution in [0.15, 0.2) is 40.8 Å². The first-order chi connectivity index (χ1) is 9.40. The zero-order chi connectivity index (χ0) is 14.8. The van der Waals surface area contributed by atoms with Crippen LogP contribution in [-0.2, 0) is 0 Å². The second-order valence-electron chi connectivity index (χ2n) is 3.95. The number of hydrogen-bond donors (Lipinski definition) is 1. The minimum absolute atomic E-state index is 0.162. The Morgan fingerprint density at radius 1 is 1.20 bits per heavy atom. The minimum Gasteiger partial charge on any atom is -0.448 e. The lowest BCUT2D eigenvalue weighted by Crippen LogP contribution is -2.22. The van der Waals surface area contributed by atoms with Crippen LogP contribution in [0, 0.1) is 0 Å². The summed E-state index contributed by atoms with van der Waals surface area (Å²) in [7, 11) is 1.60. The topological polar surface area (TPSA) is 34.4 Å². The van der Waals surface area contributed by atoms with Crippen LogP contribution in [-0.4, -0.2) is 13.4 Å². The summed E-state index contributed by atoms with van der Waals surface area (Å²) in [4.78, 5) is 0. The molecule has 0 bridgehead atoms.